The van der Waals surface area contributed by atoms with E-state index in [9.17, 15) is 4.79 Å². The monoisotopic (exact) mass is 495 g/mol. The van der Waals surface area contributed by atoms with Gasteiger partial charge in [-0.3, -0.25) is 4.79 Å². The molecule has 7 heteroatoms. The molecule has 5 rings (SSSR count). The summed E-state index contributed by atoms with van der Waals surface area (Å²) in [6, 6.07) is 22.6. The van der Waals surface area contributed by atoms with Gasteiger partial charge in [-0.05, 0) is 54.6 Å². The van der Waals surface area contributed by atoms with Gasteiger partial charge in [-0.1, -0.05) is 53.0 Å². The number of benzene rings is 3. The second-order valence-electron chi connectivity index (χ2n) is 7.95. The van der Waals surface area contributed by atoms with Crippen molar-refractivity contribution in [1.82, 2.24) is 9.88 Å². The minimum atomic E-state index is -0.00399. The Morgan fingerprint density at radius 3 is 2.21 bits per heavy atom. The van der Waals surface area contributed by atoms with Crippen molar-refractivity contribution in [3.8, 4) is 11.3 Å². The van der Waals surface area contributed by atoms with E-state index in [0.29, 0.717) is 39.4 Å². The topological polar surface area (TPSA) is 36.4 Å². The maximum Gasteiger partial charge on any atom is 0.254 e. The number of amides is 1. The average Bonchev–Trinajstić information content (AvgIpc) is 2.83. The molecule has 0 aliphatic carbocycles. The van der Waals surface area contributed by atoms with Crippen LogP contribution in [0.25, 0.3) is 22.2 Å². The van der Waals surface area contributed by atoms with Crippen molar-refractivity contribution in [1.29, 1.82) is 0 Å². The second kappa shape index (κ2) is 9.22. The third-order valence-electron chi connectivity index (χ3n) is 5.91. The van der Waals surface area contributed by atoms with E-state index in [2.05, 4.69) is 4.90 Å². The highest BCUT2D eigenvalue weighted by atomic mass is 35.5. The van der Waals surface area contributed by atoms with Gasteiger partial charge in [0.05, 0.1) is 21.8 Å². The van der Waals surface area contributed by atoms with Gasteiger partial charge in [-0.25, -0.2) is 4.98 Å². The van der Waals surface area contributed by atoms with E-state index in [1.807, 2.05) is 65.6 Å². The molecule has 0 radical (unpaired) electrons. The summed E-state index contributed by atoms with van der Waals surface area (Å²) in [5.41, 5.74) is 3.89. The Kier molecular flexibility index (Phi) is 6.15. The van der Waals surface area contributed by atoms with Crippen LogP contribution in [0.15, 0.2) is 72.8 Å². The Hall–Kier alpha value is -2.79. The summed E-state index contributed by atoms with van der Waals surface area (Å²) in [6.07, 6.45) is 0. The van der Waals surface area contributed by atoms with Gasteiger partial charge in [-0.2, -0.15) is 0 Å². The van der Waals surface area contributed by atoms with Crippen LogP contribution in [0.1, 0.15) is 10.4 Å². The average molecular weight is 497 g/mol. The highest BCUT2D eigenvalue weighted by molar-refractivity contribution is 6.36. The smallest absolute Gasteiger partial charge is 0.254 e. The van der Waals surface area contributed by atoms with Crippen LogP contribution < -0.4 is 4.90 Å². The summed E-state index contributed by atoms with van der Waals surface area (Å²) in [5, 5.41) is 2.60. The molecular formula is C26H20Cl3N3O. The zero-order valence-corrected chi connectivity index (χ0v) is 19.9. The first-order valence-electron chi connectivity index (χ1n) is 10.6. The largest absolute Gasteiger partial charge is 0.368 e. The number of hydrogen-bond acceptors (Lipinski definition) is 3. The number of rotatable bonds is 3. The Labute approximate surface area is 207 Å². The lowest BCUT2D eigenvalue weighted by atomic mass is 10.0. The van der Waals surface area contributed by atoms with Crippen LogP contribution in [0.5, 0.6) is 0 Å². The number of fused-ring (bicyclic) bond motifs is 1. The number of carbonyl (C=O) groups excluding carboxylic acids is 1. The van der Waals surface area contributed by atoms with Crippen molar-refractivity contribution < 1.29 is 4.79 Å². The summed E-state index contributed by atoms with van der Waals surface area (Å²) in [5.74, 6) is -0.00399. The molecule has 33 heavy (non-hydrogen) atoms. The van der Waals surface area contributed by atoms with Crippen molar-refractivity contribution in [2.75, 3.05) is 31.1 Å². The molecule has 166 valence electrons. The molecule has 0 bridgehead atoms. The lowest BCUT2D eigenvalue weighted by Gasteiger charge is -2.36. The summed E-state index contributed by atoms with van der Waals surface area (Å²) in [6.45, 7) is 2.78. The Morgan fingerprint density at radius 1 is 0.788 bits per heavy atom. The first kappa shape index (κ1) is 22.0. The van der Waals surface area contributed by atoms with E-state index in [4.69, 9.17) is 39.8 Å². The molecule has 1 aliphatic rings. The van der Waals surface area contributed by atoms with Crippen LogP contribution in [-0.4, -0.2) is 42.0 Å². The van der Waals surface area contributed by atoms with Crippen LogP contribution in [0, 0.1) is 0 Å². The molecule has 0 saturated carbocycles. The molecule has 1 fully saturated rings. The number of piperazine rings is 1. The number of para-hydroxylation sites is 1. The normalized spacial score (nSPS) is 14.0. The van der Waals surface area contributed by atoms with E-state index >= 15 is 0 Å². The first-order chi connectivity index (χ1) is 16.0. The van der Waals surface area contributed by atoms with E-state index in [-0.39, 0.29) is 5.91 Å². The fourth-order valence-electron chi connectivity index (χ4n) is 4.18. The number of halogens is 3. The van der Waals surface area contributed by atoms with Gasteiger partial charge in [0.25, 0.3) is 5.91 Å². The van der Waals surface area contributed by atoms with Gasteiger partial charge >= 0.3 is 0 Å². The van der Waals surface area contributed by atoms with E-state index in [1.54, 1.807) is 12.1 Å². The van der Waals surface area contributed by atoms with Crippen molar-refractivity contribution in [3.63, 3.8) is 0 Å². The van der Waals surface area contributed by atoms with Crippen LogP contribution in [-0.2, 0) is 0 Å². The predicted octanol–water partition coefficient (Wildman–Crippen LogP) is 6.82. The number of carbonyl (C=O) groups is 1. The molecule has 1 aromatic heterocycles. The summed E-state index contributed by atoms with van der Waals surface area (Å²) in [7, 11) is 0. The highest BCUT2D eigenvalue weighted by Crippen LogP contribution is 2.32. The molecule has 1 amide bonds. The van der Waals surface area contributed by atoms with Gasteiger partial charge in [0.1, 0.15) is 0 Å². The molecule has 0 spiro atoms. The first-order valence-corrected chi connectivity index (χ1v) is 11.8. The lowest BCUT2D eigenvalue weighted by molar-refractivity contribution is 0.0748. The van der Waals surface area contributed by atoms with Crippen LogP contribution in [0.2, 0.25) is 15.1 Å². The van der Waals surface area contributed by atoms with Crippen LogP contribution >= 0.6 is 34.8 Å². The summed E-state index contributed by atoms with van der Waals surface area (Å²) < 4.78 is 0. The third kappa shape index (κ3) is 4.51. The Balaban J connectivity index is 1.45. The molecule has 3 aromatic carbocycles. The third-order valence-corrected chi connectivity index (χ3v) is 6.71. The fourth-order valence-corrected chi connectivity index (χ4v) is 4.81. The molecule has 1 saturated heterocycles. The quantitative estimate of drug-likeness (QED) is 0.312. The van der Waals surface area contributed by atoms with E-state index in [1.165, 1.54) is 0 Å². The van der Waals surface area contributed by atoms with Gasteiger partial charge < -0.3 is 9.80 Å². The highest BCUT2D eigenvalue weighted by Gasteiger charge is 2.25. The molecule has 1 aliphatic heterocycles. The minimum absolute atomic E-state index is 0.00399. The second-order valence-corrected chi connectivity index (χ2v) is 9.23. The SMILES string of the molecule is O=C(c1cc(-c2ccc(Cl)cc2Cl)nc2ccccc12)N1CCN(c2ccc(Cl)cc2)CC1. The number of anilines is 1. The molecule has 0 unspecified atom stereocenters. The van der Waals surface area contributed by atoms with Crippen molar-refractivity contribution in [2.45, 2.75) is 0 Å². The standard InChI is InChI=1S/C26H20Cl3N3O/c27-17-5-8-19(9-6-17)31-11-13-32(14-12-31)26(33)22-16-25(21-10-7-18(28)15-23(21)29)30-24-4-2-1-3-20(22)24/h1-10,15-16H,11-14H2. The number of hydrogen-bond donors (Lipinski definition) is 0. The number of aromatic nitrogens is 1. The van der Waals surface area contributed by atoms with E-state index in [0.717, 1.165) is 35.2 Å². The van der Waals surface area contributed by atoms with Gasteiger partial charge in [0.2, 0.25) is 0 Å². The van der Waals surface area contributed by atoms with Gasteiger partial charge in [0, 0.05) is 52.9 Å². The molecule has 0 N–H and O–H groups in total. The van der Waals surface area contributed by atoms with Crippen LogP contribution in [0.4, 0.5) is 5.69 Å². The van der Waals surface area contributed by atoms with Gasteiger partial charge in [-0.15, -0.1) is 0 Å². The van der Waals surface area contributed by atoms with Crippen molar-refractivity contribution in [3.05, 3.63) is 93.4 Å². The molecule has 4 nitrogen and oxygen atoms in total. The molecular weight excluding hydrogens is 477 g/mol. The minimum Gasteiger partial charge on any atom is -0.368 e. The zero-order chi connectivity index (χ0) is 22.9. The predicted molar refractivity (Wildman–Crippen MR) is 137 cm³/mol. The summed E-state index contributed by atoms with van der Waals surface area (Å²) in [4.78, 5) is 22.6. The van der Waals surface area contributed by atoms with Crippen molar-refractivity contribution >= 4 is 57.3 Å². The number of nitrogens with zero attached hydrogens (tertiary/aromatic N) is 3. The Bertz CT molecular complexity index is 1330. The fraction of sp³-hybridized carbons (Fsp3) is 0.154. The van der Waals surface area contributed by atoms with Crippen molar-refractivity contribution in [2.24, 2.45) is 0 Å². The maximum atomic E-state index is 13.6. The Morgan fingerprint density at radius 2 is 1.48 bits per heavy atom. The molecule has 0 atom stereocenters. The van der Waals surface area contributed by atoms with E-state index < -0.39 is 0 Å². The molecule has 4 aromatic rings. The zero-order valence-electron chi connectivity index (χ0n) is 17.6. The van der Waals surface area contributed by atoms with Crippen LogP contribution in [0.3, 0.4) is 0 Å². The molecule has 2 heterocycles. The maximum absolute atomic E-state index is 13.6. The van der Waals surface area contributed by atoms with Gasteiger partial charge in [0.15, 0.2) is 0 Å². The lowest BCUT2D eigenvalue weighted by Crippen LogP contribution is -2.48. The summed E-state index contributed by atoms with van der Waals surface area (Å²) >= 11 is 18.5. The number of pyridine rings is 1.